The van der Waals surface area contributed by atoms with Gasteiger partial charge in [0.1, 0.15) is 5.75 Å². The standard InChI is InChI=1S/C14H16N2O3S/c15-16-13-8-6-12(7-9-13)10-11-20(17,18)19-14-4-2-1-3-5-14/h1-9,16H,10-11,15H2. The van der Waals surface area contributed by atoms with Crippen LogP contribution < -0.4 is 15.5 Å². The van der Waals surface area contributed by atoms with Crippen molar-refractivity contribution in [2.24, 2.45) is 5.84 Å². The van der Waals surface area contributed by atoms with E-state index in [9.17, 15) is 8.42 Å². The topological polar surface area (TPSA) is 81.4 Å². The van der Waals surface area contributed by atoms with E-state index in [0.29, 0.717) is 12.2 Å². The van der Waals surface area contributed by atoms with Crippen molar-refractivity contribution in [3.63, 3.8) is 0 Å². The molecule has 0 aliphatic rings. The SMILES string of the molecule is NNc1ccc(CCS(=O)(=O)Oc2ccccc2)cc1. The lowest BCUT2D eigenvalue weighted by Crippen LogP contribution is -2.15. The van der Waals surface area contributed by atoms with Gasteiger partial charge in [0.2, 0.25) is 0 Å². The van der Waals surface area contributed by atoms with Crippen LogP contribution in [-0.2, 0) is 16.5 Å². The van der Waals surface area contributed by atoms with E-state index in [1.54, 1.807) is 42.5 Å². The minimum atomic E-state index is -3.59. The second-order valence-corrected chi connectivity index (χ2v) is 5.94. The molecule has 0 radical (unpaired) electrons. The van der Waals surface area contributed by atoms with Crippen molar-refractivity contribution >= 4 is 15.8 Å². The first-order valence-electron chi connectivity index (χ1n) is 6.12. The lowest BCUT2D eigenvalue weighted by molar-refractivity contribution is 0.485. The van der Waals surface area contributed by atoms with Crippen molar-refractivity contribution in [3.05, 3.63) is 60.2 Å². The van der Waals surface area contributed by atoms with Crippen molar-refractivity contribution in [1.29, 1.82) is 0 Å². The van der Waals surface area contributed by atoms with Crippen molar-refractivity contribution in [2.75, 3.05) is 11.2 Å². The summed E-state index contributed by atoms with van der Waals surface area (Å²) >= 11 is 0. The molecule has 0 aliphatic carbocycles. The summed E-state index contributed by atoms with van der Waals surface area (Å²) in [6, 6.07) is 15.7. The molecule has 5 nitrogen and oxygen atoms in total. The Bertz CT molecular complexity index is 640. The molecule has 2 aromatic rings. The molecule has 2 aromatic carbocycles. The number of hydrogen-bond donors (Lipinski definition) is 2. The number of benzene rings is 2. The third-order valence-electron chi connectivity index (χ3n) is 2.73. The minimum Gasteiger partial charge on any atom is -0.382 e. The van der Waals surface area contributed by atoms with Gasteiger partial charge in [-0.25, -0.2) is 0 Å². The van der Waals surface area contributed by atoms with Crippen LogP contribution >= 0.6 is 0 Å². The first-order chi connectivity index (χ1) is 9.59. The molecule has 0 atom stereocenters. The van der Waals surface area contributed by atoms with Gasteiger partial charge in [0, 0.05) is 5.69 Å². The summed E-state index contributed by atoms with van der Waals surface area (Å²) in [5, 5.41) is 0. The van der Waals surface area contributed by atoms with E-state index >= 15 is 0 Å². The molecule has 0 saturated heterocycles. The Balaban J connectivity index is 1.95. The van der Waals surface area contributed by atoms with E-state index in [-0.39, 0.29) is 5.75 Å². The van der Waals surface area contributed by atoms with Gasteiger partial charge in [-0.1, -0.05) is 30.3 Å². The van der Waals surface area contributed by atoms with Gasteiger partial charge in [0.15, 0.2) is 0 Å². The fourth-order valence-corrected chi connectivity index (χ4v) is 2.65. The van der Waals surface area contributed by atoms with Crippen molar-refractivity contribution in [1.82, 2.24) is 0 Å². The predicted octanol–water partition coefficient (Wildman–Crippen LogP) is 1.92. The van der Waals surface area contributed by atoms with E-state index < -0.39 is 10.1 Å². The van der Waals surface area contributed by atoms with Gasteiger partial charge in [-0.3, -0.25) is 5.84 Å². The summed E-state index contributed by atoms with van der Waals surface area (Å²) < 4.78 is 28.7. The zero-order valence-electron chi connectivity index (χ0n) is 10.8. The van der Waals surface area contributed by atoms with Crippen LogP contribution in [-0.4, -0.2) is 14.2 Å². The van der Waals surface area contributed by atoms with Gasteiger partial charge < -0.3 is 9.61 Å². The van der Waals surface area contributed by atoms with E-state index in [2.05, 4.69) is 5.43 Å². The zero-order chi connectivity index (χ0) is 14.4. The molecule has 0 unspecified atom stereocenters. The Hall–Kier alpha value is -2.05. The average molecular weight is 292 g/mol. The molecule has 20 heavy (non-hydrogen) atoms. The first kappa shape index (κ1) is 14.4. The maximum absolute atomic E-state index is 11.8. The van der Waals surface area contributed by atoms with Gasteiger partial charge in [-0.15, -0.1) is 0 Å². The highest BCUT2D eigenvalue weighted by Crippen LogP contribution is 2.14. The quantitative estimate of drug-likeness (QED) is 0.483. The number of nitrogen functional groups attached to an aromatic ring is 1. The number of anilines is 1. The smallest absolute Gasteiger partial charge is 0.309 e. The number of rotatable bonds is 6. The number of nitrogens with one attached hydrogen (secondary N) is 1. The molecule has 0 heterocycles. The first-order valence-corrected chi connectivity index (χ1v) is 7.69. The molecule has 0 aliphatic heterocycles. The third-order valence-corrected chi connectivity index (χ3v) is 3.88. The van der Waals surface area contributed by atoms with Gasteiger partial charge in [0.25, 0.3) is 0 Å². The zero-order valence-corrected chi connectivity index (χ0v) is 11.6. The predicted molar refractivity (Wildman–Crippen MR) is 78.8 cm³/mol. The second-order valence-electron chi connectivity index (χ2n) is 4.25. The minimum absolute atomic E-state index is 0.0721. The van der Waals surface area contributed by atoms with Crippen LogP contribution in [0.4, 0.5) is 5.69 Å². The van der Waals surface area contributed by atoms with Crippen LogP contribution in [0.25, 0.3) is 0 Å². The highest BCUT2D eigenvalue weighted by Gasteiger charge is 2.12. The molecule has 0 fully saturated rings. The third kappa shape index (κ3) is 4.25. The lowest BCUT2D eigenvalue weighted by Gasteiger charge is -2.07. The molecular weight excluding hydrogens is 276 g/mol. The Labute approximate surface area is 118 Å². The number of aryl methyl sites for hydroxylation is 1. The Kier molecular flexibility index (Phi) is 4.60. The van der Waals surface area contributed by atoms with Crippen LogP contribution in [0.5, 0.6) is 5.75 Å². The highest BCUT2D eigenvalue weighted by atomic mass is 32.2. The monoisotopic (exact) mass is 292 g/mol. The van der Waals surface area contributed by atoms with Gasteiger partial charge in [-0.05, 0) is 36.2 Å². The molecule has 106 valence electrons. The Morgan fingerprint density at radius 3 is 2.25 bits per heavy atom. The van der Waals surface area contributed by atoms with E-state index in [1.165, 1.54) is 0 Å². The van der Waals surface area contributed by atoms with Gasteiger partial charge in [0.05, 0.1) is 5.75 Å². The molecule has 0 spiro atoms. The number of hydrazine groups is 1. The van der Waals surface area contributed by atoms with Crippen molar-refractivity contribution in [2.45, 2.75) is 6.42 Å². The van der Waals surface area contributed by atoms with Crippen LogP contribution in [0.3, 0.4) is 0 Å². The van der Waals surface area contributed by atoms with Gasteiger partial charge in [-0.2, -0.15) is 8.42 Å². The second kappa shape index (κ2) is 6.40. The number of para-hydroxylation sites is 1. The maximum Gasteiger partial charge on any atom is 0.309 e. The van der Waals surface area contributed by atoms with Crippen LogP contribution in [0.15, 0.2) is 54.6 Å². The molecular formula is C14H16N2O3S. The molecule has 0 bridgehead atoms. The molecule has 6 heteroatoms. The summed E-state index contributed by atoms with van der Waals surface area (Å²) in [7, 11) is -3.59. The number of nitrogens with two attached hydrogens (primary N) is 1. The Morgan fingerprint density at radius 1 is 1.00 bits per heavy atom. The van der Waals surface area contributed by atoms with E-state index in [0.717, 1.165) is 11.3 Å². The normalized spacial score (nSPS) is 11.1. The van der Waals surface area contributed by atoms with Gasteiger partial charge >= 0.3 is 10.1 Å². The number of hydrogen-bond acceptors (Lipinski definition) is 5. The van der Waals surface area contributed by atoms with Crippen LogP contribution in [0.1, 0.15) is 5.56 Å². The molecule has 2 rings (SSSR count). The van der Waals surface area contributed by atoms with Crippen LogP contribution in [0.2, 0.25) is 0 Å². The summed E-state index contributed by atoms with van der Waals surface area (Å²) in [6.07, 6.45) is 0.389. The summed E-state index contributed by atoms with van der Waals surface area (Å²) in [5.41, 5.74) is 4.20. The summed E-state index contributed by atoms with van der Waals surface area (Å²) in [6.45, 7) is 0. The average Bonchev–Trinajstić information content (AvgIpc) is 2.46. The molecule has 3 N–H and O–H groups in total. The summed E-state index contributed by atoms with van der Waals surface area (Å²) in [5.74, 6) is 5.52. The summed E-state index contributed by atoms with van der Waals surface area (Å²) in [4.78, 5) is 0. The van der Waals surface area contributed by atoms with E-state index in [1.807, 2.05) is 12.1 Å². The van der Waals surface area contributed by atoms with Crippen molar-refractivity contribution < 1.29 is 12.6 Å². The fraction of sp³-hybridized carbons (Fsp3) is 0.143. The highest BCUT2D eigenvalue weighted by molar-refractivity contribution is 7.87. The fourth-order valence-electron chi connectivity index (χ4n) is 1.67. The molecule has 0 aromatic heterocycles. The van der Waals surface area contributed by atoms with Crippen LogP contribution in [0, 0.1) is 0 Å². The van der Waals surface area contributed by atoms with Crippen molar-refractivity contribution in [3.8, 4) is 5.75 Å². The largest absolute Gasteiger partial charge is 0.382 e. The van der Waals surface area contributed by atoms with E-state index in [4.69, 9.17) is 10.0 Å². The maximum atomic E-state index is 11.8. The Morgan fingerprint density at radius 2 is 1.65 bits per heavy atom. The molecule has 0 saturated carbocycles. The molecule has 0 amide bonds. The lowest BCUT2D eigenvalue weighted by atomic mass is 10.1.